The van der Waals surface area contributed by atoms with Crippen LogP contribution >= 0.6 is 0 Å². The fourth-order valence-corrected chi connectivity index (χ4v) is 2.08. The van der Waals surface area contributed by atoms with E-state index >= 15 is 0 Å². The van der Waals surface area contributed by atoms with Crippen molar-refractivity contribution in [2.24, 2.45) is 5.92 Å². The van der Waals surface area contributed by atoms with E-state index in [0.717, 1.165) is 0 Å². The maximum Gasteiger partial charge on any atom is 0.269 e. The molecule has 128 valence electrons. The molecule has 0 fully saturated rings. The molecule has 8 nitrogen and oxygen atoms in total. The van der Waals surface area contributed by atoms with Crippen molar-refractivity contribution in [1.82, 2.24) is 15.1 Å². The van der Waals surface area contributed by atoms with Crippen LogP contribution in [0.4, 0.5) is 5.69 Å². The zero-order chi connectivity index (χ0) is 17.7. The van der Waals surface area contributed by atoms with Crippen molar-refractivity contribution < 1.29 is 14.8 Å². The van der Waals surface area contributed by atoms with Crippen LogP contribution in [0.25, 0.3) is 5.69 Å². The largest absolute Gasteiger partial charge is 0.393 e. The monoisotopic (exact) mass is 332 g/mol. The van der Waals surface area contributed by atoms with Crippen LogP contribution < -0.4 is 5.32 Å². The quantitative estimate of drug-likeness (QED) is 0.594. The van der Waals surface area contributed by atoms with E-state index in [-0.39, 0.29) is 17.5 Å². The lowest BCUT2D eigenvalue weighted by atomic mass is 10.0. The molecule has 1 amide bonds. The topological polar surface area (TPSA) is 110 Å². The third-order valence-electron chi connectivity index (χ3n) is 3.67. The van der Waals surface area contributed by atoms with Gasteiger partial charge < -0.3 is 10.4 Å². The van der Waals surface area contributed by atoms with Crippen molar-refractivity contribution in [3.8, 4) is 5.69 Å². The van der Waals surface area contributed by atoms with Crippen molar-refractivity contribution in [2.75, 3.05) is 6.54 Å². The van der Waals surface area contributed by atoms with Gasteiger partial charge in [-0.1, -0.05) is 13.8 Å². The molecule has 1 aromatic heterocycles. The van der Waals surface area contributed by atoms with Crippen LogP contribution in [0.5, 0.6) is 0 Å². The van der Waals surface area contributed by atoms with Crippen molar-refractivity contribution in [3.05, 3.63) is 52.3 Å². The van der Waals surface area contributed by atoms with E-state index in [1.165, 1.54) is 23.0 Å². The minimum Gasteiger partial charge on any atom is -0.393 e. The smallest absolute Gasteiger partial charge is 0.269 e. The molecule has 0 saturated heterocycles. The molecule has 1 unspecified atom stereocenters. The lowest BCUT2D eigenvalue weighted by molar-refractivity contribution is -0.384. The number of carbonyl (C=O) groups excluding carboxylic acids is 1. The third kappa shape index (κ3) is 4.39. The number of nitro groups is 1. The molecule has 0 spiro atoms. The highest BCUT2D eigenvalue weighted by atomic mass is 16.6. The summed E-state index contributed by atoms with van der Waals surface area (Å²) in [7, 11) is 0. The van der Waals surface area contributed by atoms with Crippen LogP contribution in [0.2, 0.25) is 0 Å². The summed E-state index contributed by atoms with van der Waals surface area (Å²) in [5, 5.41) is 27.2. The molecule has 1 atom stereocenters. The molecule has 0 saturated carbocycles. The van der Waals surface area contributed by atoms with Gasteiger partial charge in [-0.2, -0.15) is 5.10 Å². The van der Waals surface area contributed by atoms with Crippen molar-refractivity contribution >= 4 is 11.6 Å². The fourth-order valence-electron chi connectivity index (χ4n) is 2.08. The van der Waals surface area contributed by atoms with Crippen LogP contribution in [0.15, 0.2) is 36.7 Å². The molecule has 1 heterocycles. The van der Waals surface area contributed by atoms with Crippen LogP contribution in [0, 0.1) is 16.0 Å². The lowest BCUT2D eigenvalue weighted by Crippen LogP contribution is -2.28. The predicted octanol–water partition coefficient (Wildman–Crippen LogP) is 1.92. The van der Waals surface area contributed by atoms with Crippen molar-refractivity contribution in [1.29, 1.82) is 0 Å². The van der Waals surface area contributed by atoms with E-state index in [4.69, 9.17) is 0 Å². The molecule has 2 rings (SSSR count). The van der Waals surface area contributed by atoms with Gasteiger partial charge in [0.2, 0.25) is 0 Å². The minimum atomic E-state index is -0.475. The van der Waals surface area contributed by atoms with Gasteiger partial charge in [-0.25, -0.2) is 4.68 Å². The van der Waals surface area contributed by atoms with Gasteiger partial charge in [0.15, 0.2) is 0 Å². The number of aliphatic hydroxyl groups is 1. The number of rotatable bonds is 7. The molecule has 0 radical (unpaired) electrons. The first-order valence-corrected chi connectivity index (χ1v) is 7.64. The first kappa shape index (κ1) is 17.6. The van der Waals surface area contributed by atoms with Crippen molar-refractivity contribution in [2.45, 2.75) is 26.4 Å². The summed E-state index contributed by atoms with van der Waals surface area (Å²) in [6.45, 7) is 4.21. The van der Waals surface area contributed by atoms with Crippen LogP contribution in [-0.2, 0) is 0 Å². The molecular weight excluding hydrogens is 312 g/mol. The number of amides is 1. The highest BCUT2D eigenvalue weighted by Crippen LogP contribution is 2.15. The number of non-ortho nitro benzene ring substituents is 1. The first-order valence-electron chi connectivity index (χ1n) is 7.64. The third-order valence-corrected chi connectivity index (χ3v) is 3.67. The summed E-state index contributed by atoms with van der Waals surface area (Å²) in [6.07, 6.45) is 3.01. The van der Waals surface area contributed by atoms with Gasteiger partial charge in [-0.15, -0.1) is 0 Å². The summed E-state index contributed by atoms with van der Waals surface area (Å²) >= 11 is 0. The maximum absolute atomic E-state index is 12.0. The Bertz CT molecular complexity index is 709. The Balaban J connectivity index is 1.97. The molecule has 2 N–H and O–H groups in total. The number of nitrogens with one attached hydrogen (secondary N) is 1. The molecular formula is C16H20N4O4. The average Bonchev–Trinajstić information content (AvgIpc) is 3.04. The van der Waals surface area contributed by atoms with Gasteiger partial charge in [0.1, 0.15) is 0 Å². The molecule has 2 aromatic rings. The Hall–Kier alpha value is -2.74. The average molecular weight is 332 g/mol. The minimum absolute atomic E-state index is 0.00687. The number of aromatic nitrogens is 2. The van der Waals surface area contributed by atoms with E-state index in [1.54, 1.807) is 18.3 Å². The number of carbonyl (C=O) groups is 1. The first-order chi connectivity index (χ1) is 11.4. The second-order valence-corrected chi connectivity index (χ2v) is 5.80. The number of nitro benzene ring substituents is 1. The van der Waals surface area contributed by atoms with Crippen molar-refractivity contribution in [3.63, 3.8) is 0 Å². The van der Waals surface area contributed by atoms with Gasteiger partial charge in [-0.3, -0.25) is 14.9 Å². The molecule has 8 heteroatoms. The second-order valence-electron chi connectivity index (χ2n) is 5.80. The summed E-state index contributed by atoms with van der Waals surface area (Å²) in [4.78, 5) is 22.2. The van der Waals surface area contributed by atoms with Gasteiger partial charge >= 0.3 is 0 Å². The van der Waals surface area contributed by atoms with E-state index in [2.05, 4.69) is 10.4 Å². The molecule has 24 heavy (non-hydrogen) atoms. The number of benzene rings is 1. The normalized spacial score (nSPS) is 12.2. The lowest BCUT2D eigenvalue weighted by Gasteiger charge is -2.14. The standard InChI is InChI=1S/C16H20N4O4/c1-11(2)15(21)7-8-17-16(22)12-9-18-19(10-12)13-3-5-14(6-4-13)20(23)24/h3-6,9-11,15,21H,7-8H2,1-2H3,(H,17,22). The number of hydrogen-bond donors (Lipinski definition) is 2. The second kappa shape index (κ2) is 7.69. The number of nitrogens with zero attached hydrogens (tertiary/aromatic N) is 3. The Morgan fingerprint density at radius 2 is 2.04 bits per heavy atom. The number of aliphatic hydroxyl groups excluding tert-OH is 1. The summed E-state index contributed by atoms with van der Waals surface area (Å²) in [5.74, 6) is -0.133. The van der Waals surface area contributed by atoms with E-state index in [0.29, 0.717) is 24.2 Å². The Morgan fingerprint density at radius 1 is 1.38 bits per heavy atom. The Labute approximate surface area is 139 Å². The fraction of sp³-hybridized carbons (Fsp3) is 0.375. The SMILES string of the molecule is CC(C)C(O)CCNC(=O)c1cnn(-c2ccc([N+](=O)[O-])cc2)c1. The summed E-state index contributed by atoms with van der Waals surface area (Å²) in [6, 6.07) is 5.88. The molecule has 1 aromatic carbocycles. The van der Waals surface area contributed by atoms with Gasteiger partial charge in [-0.05, 0) is 24.5 Å². The number of hydrogen-bond acceptors (Lipinski definition) is 5. The van der Waals surface area contributed by atoms with E-state index in [1.807, 2.05) is 13.8 Å². The highest BCUT2D eigenvalue weighted by molar-refractivity contribution is 5.93. The van der Waals surface area contributed by atoms with Crippen LogP contribution in [0.3, 0.4) is 0 Å². The predicted molar refractivity (Wildman–Crippen MR) is 88.0 cm³/mol. The highest BCUT2D eigenvalue weighted by Gasteiger charge is 2.12. The van der Waals surface area contributed by atoms with E-state index in [9.17, 15) is 20.0 Å². The molecule has 0 aliphatic rings. The molecule has 0 bridgehead atoms. The van der Waals surface area contributed by atoms with Gasteiger partial charge in [0, 0.05) is 24.9 Å². The summed E-state index contributed by atoms with van der Waals surface area (Å²) < 4.78 is 1.47. The zero-order valence-corrected chi connectivity index (χ0v) is 13.5. The Kier molecular flexibility index (Phi) is 5.64. The molecule has 0 aliphatic carbocycles. The Morgan fingerprint density at radius 3 is 2.62 bits per heavy atom. The maximum atomic E-state index is 12.0. The summed E-state index contributed by atoms with van der Waals surface area (Å²) in [5.41, 5.74) is 0.995. The van der Waals surface area contributed by atoms with E-state index < -0.39 is 11.0 Å². The van der Waals surface area contributed by atoms with Crippen LogP contribution in [-0.4, -0.2) is 38.4 Å². The van der Waals surface area contributed by atoms with Gasteiger partial charge in [0.05, 0.1) is 28.5 Å². The van der Waals surface area contributed by atoms with Crippen LogP contribution in [0.1, 0.15) is 30.6 Å². The zero-order valence-electron chi connectivity index (χ0n) is 13.5. The molecule has 0 aliphatic heterocycles. The van der Waals surface area contributed by atoms with Gasteiger partial charge in [0.25, 0.3) is 11.6 Å².